The molecule has 3 fully saturated rings. The number of likely N-dealkylation sites (tertiary alicyclic amines) is 1. The smallest absolute Gasteiger partial charge is 0.251 e. The summed E-state index contributed by atoms with van der Waals surface area (Å²) in [6, 6.07) is 11.9. The number of hydrogen-bond donors (Lipinski definition) is 1. The Kier molecular flexibility index (Phi) is 11.2. The maximum absolute atomic E-state index is 15.2. The quantitative estimate of drug-likeness (QED) is 0.181. The minimum atomic E-state index is -0.882. The van der Waals surface area contributed by atoms with E-state index >= 15 is 4.79 Å². The number of carbonyl (C=O) groups is 3. The van der Waals surface area contributed by atoms with Gasteiger partial charge in [-0.05, 0) is 74.6 Å². The number of thioether (sulfide) groups is 1. The Morgan fingerprint density at radius 1 is 1.10 bits per heavy atom. The number of hydrogen-bond acceptors (Lipinski definition) is 6. The van der Waals surface area contributed by atoms with Crippen LogP contribution in [0.1, 0.15) is 44.7 Å². The molecule has 8 nitrogen and oxygen atoms in total. The third-order valence-electron chi connectivity index (χ3n) is 10.4. The van der Waals surface area contributed by atoms with E-state index < -0.39 is 28.7 Å². The van der Waals surface area contributed by atoms with Gasteiger partial charge in [-0.3, -0.25) is 14.4 Å². The van der Waals surface area contributed by atoms with E-state index in [0.29, 0.717) is 30.9 Å². The first kappa shape index (κ1) is 36.2. The molecule has 258 valence electrons. The van der Waals surface area contributed by atoms with Crippen molar-refractivity contribution in [2.45, 2.75) is 74.4 Å². The number of halogens is 1. The topological polar surface area (TPSA) is 90.4 Å². The summed E-state index contributed by atoms with van der Waals surface area (Å²) < 4.78 is 4.76. The predicted octanol–water partition coefficient (Wildman–Crippen LogP) is 6.31. The minimum Gasteiger partial charge on any atom is -0.494 e. The van der Waals surface area contributed by atoms with E-state index in [0.717, 1.165) is 16.8 Å². The molecule has 3 unspecified atom stereocenters. The molecule has 0 aliphatic carbocycles. The summed E-state index contributed by atoms with van der Waals surface area (Å²) in [5.74, 6) is -1.40. The number of fused-ring (bicyclic) bond motifs is 1. The lowest BCUT2D eigenvalue weighted by Crippen LogP contribution is -2.59. The number of benzene rings is 2. The fourth-order valence-electron chi connectivity index (χ4n) is 7.92. The maximum atomic E-state index is 15.2. The Balaban J connectivity index is 1.63. The number of nitrogens with zero attached hydrogens (tertiary/aromatic N) is 3. The number of amides is 3. The van der Waals surface area contributed by atoms with Crippen LogP contribution < -0.4 is 14.5 Å². The highest BCUT2D eigenvalue weighted by molar-refractivity contribution is 9.09. The van der Waals surface area contributed by atoms with E-state index in [1.807, 2.05) is 77.1 Å². The molecule has 2 bridgehead atoms. The molecular formula is C38H48BrN3O5S. The summed E-state index contributed by atoms with van der Waals surface area (Å²) in [6.07, 6.45) is 4.66. The highest BCUT2D eigenvalue weighted by Crippen LogP contribution is 2.68. The van der Waals surface area contributed by atoms with Gasteiger partial charge in [0.15, 0.2) is 0 Å². The molecule has 0 saturated carbocycles. The van der Waals surface area contributed by atoms with Crippen LogP contribution in [0.15, 0.2) is 67.8 Å². The monoisotopic (exact) mass is 737 g/mol. The highest BCUT2D eigenvalue weighted by Gasteiger charge is 2.76. The Morgan fingerprint density at radius 2 is 1.77 bits per heavy atom. The first-order valence-electron chi connectivity index (χ1n) is 16.9. The van der Waals surface area contributed by atoms with Crippen molar-refractivity contribution in [1.82, 2.24) is 4.90 Å². The summed E-state index contributed by atoms with van der Waals surface area (Å²) >= 11 is 5.51. The molecule has 5 rings (SSSR count). The Hall–Kier alpha value is -3.08. The van der Waals surface area contributed by atoms with Crippen LogP contribution in [0.3, 0.4) is 0 Å². The number of aliphatic hydroxyl groups is 1. The lowest BCUT2D eigenvalue weighted by molar-refractivity contribution is -0.143. The third-order valence-corrected chi connectivity index (χ3v) is 13.6. The predicted molar refractivity (Wildman–Crippen MR) is 198 cm³/mol. The molecule has 2 aromatic carbocycles. The van der Waals surface area contributed by atoms with E-state index in [-0.39, 0.29) is 53.4 Å². The zero-order valence-electron chi connectivity index (χ0n) is 28.6. The molecule has 3 aliphatic heterocycles. The second-order valence-electron chi connectivity index (χ2n) is 13.2. The maximum Gasteiger partial charge on any atom is 0.251 e. The third kappa shape index (κ3) is 6.13. The van der Waals surface area contributed by atoms with Gasteiger partial charge in [-0.25, -0.2) is 0 Å². The first-order valence-corrected chi connectivity index (χ1v) is 18.7. The number of anilines is 2. The van der Waals surface area contributed by atoms with Gasteiger partial charge in [0, 0.05) is 34.5 Å². The fourth-order valence-corrected chi connectivity index (χ4v) is 11.5. The van der Waals surface area contributed by atoms with E-state index in [1.165, 1.54) is 0 Å². The van der Waals surface area contributed by atoms with Gasteiger partial charge in [-0.1, -0.05) is 60.5 Å². The van der Waals surface area contributed by atoms with Gasteiger partial charge in [0.1, 0.15) is 11.8 Å². The lowest BCUT2D eigenvalue weighted by Gasteiger charge is -2.41. The standard InChI is InChI=1S/C38H48BrN3O5S/c1-8-18-40(26-14-16-27(17-15-26)47-11-4)35(44)31-32-36(45)42(30(22-43)24(6)10-3)34(38(32)21-28(39)33(31)48-38)37(46)41(19-9-2)29-20-23(5)12-13-25(29)7/h8-9,12-17,20,24,28,30-34,43H,1-2,10-11,18-19,21-22H2,3-7H3/t24-,28?,30-,31-,32-,33-,34?,38?/m0/s1. The van der Waals surface area contributed by atoms with Gasteiger partial charge in [-0.15, -0.1) is 24.9 Å². The summed E-state index contributed by atoms with van der Waals surface area (Å²) in [5.41, 5.74) is 3.40. The van der Waals surface area contributed by atoms with Crippen molar-refractivity contribution in [3.63, 3.8) is 0 Å². The van der Waals surface area contributed by atoms with Crippen molar-refractivity contribution >= 4 is 56.8 Å². The summed E-state index contributed by atoms with van der Waals surface area (Å²) in [4.78, 5) is 50.0. The summed E-state index contributed by atoms with van der Waals surface area (Å²) in [5, 5.41) is 10.6. The van der Waals surface area contributed by atoms with Crippen LogP contribution in [0.5, 0.6) is 5.75 Å². The zero-order chi connectivity index (χ0) is 34.9. The minimum absolute atomic E-state index is 0.0738. The SMILES string of the molecule is C=CCN(C(=O)[C@H]1[C@H]2C(=O)N([C@@H](CO)[C@@H](C)CC)C(C(=O)N(CC=C)c3cc(C)ccc3C)C23CC(Br)[C@@H]1S3)c1ccc(OCC)cc1. The molecule has 3 heterocycles. The average molecular weight is 739 g/mol. The van der Waals surface area contributed by atoms with Crippen molar-refractivity contribution in [3.8, 4) is 5.75 Å². The van der Waals surface area contributed by atoms with Crippen molar-refractivity contribution in [2.24, 2.45) is 17.8 Å². The van der Waals surface area contributed by atoms with Gasteiger partial charge >= 0.3 is 0 Å². The normalized spacial score (nSPS) is 26.9. The molecule has 2 aromatic rings. The lowest BCUT2D eigenvalue weighted by atomic mass is 9.70. The molecule has 0 aromatic heterocycles. The van der Waals surface area contributed by atoms with Gasteiger partial charge in [0.25, 0.3) is 5.91 Å². The van der Waals surface area contributed by atoms with Crippen molar-refractivity contribution in [3.05, 3.63) is 78.9 Å². The van der Waals surface area contributed by atoms with Gasteiger partial charge in [0.2, 0.25) is 11.8 Å². The molecule has 48 heavy (non-hydrogen) atoms. The number of alkyl halides is 1. The molecule has 1 N–H and O–H groups in total. The van der Waals surface area contributed by atoms with Crippen LogP contribution in [0.25, 0.3) is 0 Å². The Bertz CT molecular complexity index is 1550. The van der Waals surface area contributed by atoms with Gasteiger partial charge in [0.05, 0.1) is 35.8 Å². The summed E-state index contributed by atoms with van der Waals surface area (Å²) in [7, 11) is 0. The van der Waals surface area contributed by atoms with Gasteiger partial charge < -0.3 is 24.5 Å². The van der Waals surface area contributed by atoms with E-state index in [2.05, 4.69) is 29.1 Å². The molecule has 3 aliphatic rings. The number of carbonyl (C=O) groups excluding carboxylic acids is 3. The molecule has 8 atom stereocenters. The number of aliphatic hydroxyl groups excluding tert-OH is 1. The molecule has 3 amide bonds. The molecular weight excluding hydrogens is 690 g/mol. The molecule has 10 heteroatoms. The largest absolute Gasteiger partial charge is 0.494 e. The first-order chi connectivity index (χ1) is 23.0. The Labute approximate surface area is 297 Å². The van der Waals surface area contributed by atoms with Gasteiger partial charge in [-0.2, -0.15) is 0 Å². The highest BCUT2D eigenvalue weighted by atomic mass is 79.9. The number of aryl methyl sites for hydroxylation is 2. The second kappa shape index (κ2) is 14.8. The van der Waals surface area contributed by atoms with E-state index in [9.17, 15) is 14.7 Å². The number of rotatable bonds is 14. The van der Waals surface area contributed by atoms with Crippen LogP contribution in [-0.4, -0.2) is 80.9 Å². The van der Waals surface area contributed by atoms with Crippen molar-refractivity contribution in [2.75, 3.05) is 36.1 Å². The van der Waals surface area contributed by atoms with Crippen LogP contribution >= 0.6 is 27.7 Å². The van der Waals surface area contributed by atoms with Crippen molar-refractivity contribution in [1.29, 1.82) is 0 Å². The molecule has 0 radical (unpaired) electrons. The second-order valence-corrected chi connectivity index (χ2v) is 16.0. The fraction of sp³-hybridized carbons (Fsp3) is 0.500. The van der Waals surface area contributed by atoms with Crippen molar-refractivity contribution < 1.29 is 24.2 Å². The van der Waals surface area contributed by atoms with Crippen LogP contribution in [0.2, 0.25) is 0 Å². The number of ether oxygens (including phenoxy) is 1. The van der Waals surface area contributed by atoms with E-state index in [4.69, 9.17) is 4.74 Å². The van der Waals surface area contributed by atoms with Crippen LogP contribution in [0.4, 0.5) is 11.4 Å². The molecule has 3 saturated heterocycles. The Morgan fingerprint density at radius 3 is 2.38 bits per heavy atom. The molecule has 1 spiro atoms. The van der Waals surface area contributed by atoms with Crippen LogP contribution in [-0.2, 0) is 14.4 Å². The zero-order valence-corrected chi connectivity index (χ0v) is 31.0. The summed E-state index contributed by atoms with van der Waals surface area (Å²) in [6.45, 7) is 18.6. The average Bonchev–Trinajstić information content (AvgIpc) is 3.67. The van der Waals surface area contributed by atoms with E-state index in [1.54, 1.807) is 38.6 Å². The van der Waals surface area contributed by atoms with Crippen LogP contribution in [0, 0.1) is 31.6 Å².